The number of nitrogens with zero attached hydrogens (tertiary/aromatic N) is 4. The first-order valence-corrected chi connectivity index (χ1v) is 11.0. The minimum atomic E-state index is -0.285. The quantitative estimate of drug-likeness (QED) is 0.577. The Kier molecular flexibility index (Phi) is 6.21. The zero-order valence-electron chi connectivity index (χ0n) is 19.1. The van der Waals surface area contributed by atoms with Crippen molar-refractivity contribution in [2.24, 2.45) is 0 Å². The maximum atomic E-state index is 13.5. The Labute approximate surface area is 188 Å². The van der Waals surface area contributed by atoms with Gasteiger partial charge in [-0.05, 0) is 61.1 Å². The number of halogens is 1. The van der Waals surface area contributed by atoms with E-state index in [2.05, 4.69) is 31.0 Å². The van der Waals surface area contributed by atoms with Gasteiger partial charge in [0.1, 0.15) is 5.82 Å². The predicted molar refractivity (Wildman–Crippen MR) is 125 cm³/mol. The van der Waals surface area contributed by atoms with Gasteiger partial charge in [-0.1, -0.05) is 30.3 Å². The van der Waals surface area contributed by atoms with Gasteiger partial charge < -0.3 is 9.80 Å². The fourth-order valence-electron chi connectivity index (χ4n) is 4.25. The van der Waals surface area contributed by atoms with Crippen LogP contribution in [0.4, 0.5) is 10.3 Å². The van der Waals surface area contributed by atoms with Crippen LogP contribution >= 0.6 is 0 Å². The highest BCUT2D eigenvalue weighted by molar-refractivity contribution is 5.80. The van der Waals surface area contributed by atoms with Gasteiger partial charge in [-0.2, -0.15) is 0 Å². The number of benzene rings is 2. The van der Waals surface area contributed by atoms with E-state index in [-0.39, 0.29) is 17.8 Å². The molecule has 1 amide bonds. The Bertz CT molecular complexity index is 1130. The Morgan fingerprint density at radius 3 is 2.56 bits per heavy atom. The third kappa shape index (κ3) is 4.49. The highest BCUT2D eigenvalue weighted by Gasteiger charge is 2.33. The first-order valence-electron chi connectivity index (χ1n) is 11.0. The maximum Gasteiger partial charge on any atom is 0.227 e. The molecule has 5 nitrogen and oxygen atoms in total. The largest absolute Gasteiger partial charge is 0.347 e. The number of amides is 1. The number of likely N-dealkylation sites (tertiary alicyclic amines) is 1. The van der Waals surface area contributed by atoms with Gasteiger partial charge in [-0.3, -0.25) is 4.79 Å². The SMILES string of the molecule is Cc1ccc(CC(=O)N2CCC[C@H]2c2nc(N(C)C)ncc2-c2ccc(F)cc2)cc1C. The Morgan fingerprint density at radius 1 is 1.12 bits per heavy atom. The summed E-state index contributed by atoms with van der Waals surface area (Å²) in [4.78, 5) is 26.5. The van der Waals surface area contributed by atoms with Crippen LogP contribution in [-0.2, 0) is 11.2 Å². The van der Waals surface area contributed by atoms with Crippen molar-refractivity contribution in [3.05, 3.63) is 76.9 Å². The lowest BCUT2D eigenvalue weighted by Gasteiger charge is -2.27. The molecule has 4 rings (SSSR count). The number of aryl methyl sites for hydroxylation is 2. The van der Waals surface area contributed by atoms with Crippen LogP contribution in [0.1, 0.15) is 41.3 Å². The lowest BCUT2D eigenvalue weighted by Crippen LogP contribution is -2.33. The van der Waals surface area contributed by atoms with Crippen molar-refractivity contribution in [1.82, 2.24) is 14.9 Å². The third-order valence-electron chi connectivity index (χ3n) is 6.18. The molecule has 0 saturated carbocycles. The molecule has 1 aromatic heterocycles. The summed E-state index contributed by atoms with van der Waals surface area (Å²) in [6, 6.07) is 12.4. The van der Waals surface area contributed by atoms with Gasteiger partial charge in [-0.25, -0.2) is 14.4 Å². The van der Waals surface area contributed by atoms with Crippen LogP contribution in [0.25, 0.3) is 11.1 Å². The van der Waals surface area contributed by atoms with E-state index >= 15 is 0 Å². The Morgan fingerprint density at radius 2 is 1.88 bits per heavy atom. The second kappa shape index (κ2) is 9.07. The van der Waals surface area contributed by atoms with Gasteiger partial charge in [0, 0.05) is 32.4 Å². The summed E-state index contributed by atoms with van der Waals surface area (Å²) in [5, 5.41) is 0. The Balaban J connectivity index is 1.68. The zero-order chi connectivity index (χ0) is 22.8. The standard InChI is InChI=1S/C26H29FN4O/c1-17-7-8-19(14-18(17)2)15-24(32)31-13-5-6-23(31)25-22(16-28-26(29-25)30(3)4)20-9-11-21(27)12-10-20/h7-12,14,16,23H,5-6,13,15H2,1-4H3/t23-/m0/s1. The number of carbonyl (C=O) groups excluding carboxylic acids is 1. The van der Waals surface area contributed by atoms with Crippen LogP contribution in [-0.4, -0.2) is 41.4 Å². The summed E-state index contributed by atoms with van der Waals surface area (Å²) in [5.74, 6) is 0.414. The maximum absolute atomic E-state index is 13.5. The van der Waals surface area contributed by atoms with Crippen LogP contribution in [0.3, 0.4) is 0 Å². The molecule has 2 heterocycles. The summed E-state index contributed by atoms with van der Waals surface area (Å²) < 4.78 is 13.5. The van der Waals surface area contributed by atoms with E-state index in [1.807, 2.05) is 30.0 Å². The molecule has 3 aromatic rings. The Hall–Kier alpha value is -3.28. The van der Waals surface area contributed by atoms with Crippen molar-refractivity contribution in [3.8, 4) is 11.1 Å². The second-order valence-corrected chi connectivity index (χ2v) is 8.71. The molecule has 2 aromatic carbocycles. The molecular weight excluding hydrogens is 403 g/mol. The first-order chi connectivity index (χ1) is 15.3. The van der Waals surface area contributed by atoms with Crippen molar-refractivity contribution in [1.29, 1.82) is 0 Å². The van der Waals surface area contributed by atoms with Crippen molar-refractivity contribution in [2.75, 3.05) is 25.5 Å². The molecule has 1 atom stereocenters. The number of anilines is 1. The molecule has 0 bridgehead atoms. The zero-order valence-corrected chi connectivity index (χ0v) is 19.1. The summed E-state index contributed by atoms with van der Waals surface area (Å²) in [7, 11) is 3.79. The highest BCUT2D eigenvalue weighted by atomic mass is 19.1. The average molecular weight is 433 g/mol. The summed E-state index contributed by atoms with van der Waals surface area (Å²) >= 11 is 0. The summed E-state index contributed by atoms with van der Waals surface area (Å²) in [6.45, 7) is 4.85. The van der Waals surface area contributed by atoms with Crippen molar-refractivity contribution in [2.45, 2.75) is 39.2 Å². The van der Waals surface area contributed by atoms with E-state index < -0.39 is 0 Å². The van der Waals surface area contributed by atoms with Gasteiger partial charge in [0.2, 0.25) is 11.9 Å². The molecule has 1 aliphatic heterocycles. The fraction of sp³-hybridized carbons (Fsp3) is 0.346. The predicted octanol–water partition coefficient (Wildman–Crippen LogP) is 4.87. The first kappa shape index (κ1) is 21.9. The monoisotopic (exact) mass is 432 g/mol. The fourth-order valence-corrected chi connectivity index (χ4v) is 4.25. The number of aromatic nitrogens is 2. The molecule has 0 unspecified atom stereocenters. The van der Waals surface area contributed by atoms with E-state index in [1.54, 1.807) is 18.3 Å². The lowest BCUT2D eigenvalue weighted by atomic mass is 9.99. The van der Waals surface area contributed by atoms with Gasteiger partial charge in [0.15, 0.2) is 0 Å². The van der Waals surface area contributed by atoms with E-state index in [0.29, 0.717) is 18.9 Å². The topological polar surface area (TPSA) is 49.3 Å². The number of rotatable bonds is 5. The molecule has 32 heavy (non-hydrogen) atoms. The molecule has 1 saturated heterocycles. The van der Waals surface area contributed by atoms with E-state index in [1.165, 1.54) is 23.3 Å². The normalized spacial score (nSPS) is 15.8. The molecule has 1 fully saturated rings. The molecular formula is C26H29FN4O. The van der Waals surface area contributed by atoms with Crippen molar-refractivity contribution >= 4 is 11.9 Å². The molecule has 0 spiro atoms. The molecule has 0 aliphatic carbocycles. The number of hydrogen-bond acceptors (Lipinski definition) is 4. The summed E-state index contributed by atoms with van der Waals surface area (Å²) in [6.07, 6.45) is 3.93. The molecule has 1 aliphatic rings. The van der Waals surface area contributed by atoms with E-state index in [9.17, 15) is 9.18 Å². The molecule has 6 heteroatoms. The summed E-state index contributed by atoms with van der Waals surface area (Å²) in [5.41, 5.74) is 5.95. The van der Waals surface area contributed by atoms with E-state index in [4.69, 9.17) is 4.98 Å². The highest BCUT2D eigenvalue weighted by Crippen LogP contribution is 2.37. The van der Waals surface area contributed by atoms with Crippen LogP contribution in [0.2, 0.25) is 0 Å². The molecule has 166 valence electrons. The van der Waals surface area contributed by atoms with Crippen LogP contribution in [0.5, 0.6) is 0 Å². The van der Waals surface area contributed by atoms with E-state index in [0.717, 1.165) is 35.2 Å². The smallest absolute Gasteiger partial charge is 0.227 e. The van der Waals surface area contributed by atoms with Gasteiger partial charge in [-0.15, -0.1) is 0 Å². The minimum absolute atomic E-state index is 0.103. The van der Waals surface area contributed by atoms with Gasteiger partial charge >= 0.3 is 0 Å². The lowest BCUT2D eigenvalue weighted by molar-refractivity contribution is -0.131. The van der Waals surface area contributed by atoms with Crippen molar-refractivity contribution in [3.63, 3.8) is 0 Å². The number of hydrogen-bond donors (Lipinski definition) is 0. The van der Waals surface area contributed by atoms with Gasteiger partial charge in [0.05, 0.1) is 18.2 Å². The molecule has 0 N–H and O–H groups in total. The average Bonchev–Trinajstić information content (AvgIpc) is 3.26. The van der Waals surface area contributed by atoms with Crippen LogP contribution in [0.15, 0.2) is 48.7 Å². The third-order valence-corrected chi connectivity index (χ3v) is 6.18. The number of carbonyl (C=O) groups is 1. The van der Waals surface area contributed by atoms with Crippen LogP contribution in [0, 0.1) is 19.7 Å². The van der Waals surface area contributed by atoms with Gasteiger partial charge in [0.25, 0.3) is 0 Å². The van der Waals surface area contributed by atoms with Crippen LogP contribution < -0.4 is 4.90 Å². The van der Waals surface area contributed by atoms with Crippen molar-refractivity contribution < 1.29 is 9.18 Å². The molecule has 0 radical (unpaired) electrons. The second-order valence-electron chi connectivity index (χ2n) is 8.71. The minimum Gasteiger partial charge on any atom is -0.347 e.